The zero-order valence-corrected chi connectivity index (χ0v) is 14.0. The lowest BCUT2D eigenvalue weighted by Gasteiger charge is -2.51. The molecule has 0 spiro atoms. The number of nitrogens with zero attached hydrogens (tertiary/aromatic N) is 1. The van der Waals surface area contributed by atoms with E-state index in [1.807, 2.05) is 0 Å². The van der Waals surface area contributed by atoms with Crippen LogP contribution in [0.3, 0.4) is 0 Å². The van der Waals surface area contributed by atoms with Gasteiger partial charge in [-0.25, -0.2) is 0 Å². The molecule has 2 aliphatic heterocycles. The second kappa shape index (κ2) is 7.24. The van der Waals surface area contributed by atoms with Crippen molar-refractivity contribution in [2.24, 2.45) is 5.92 Å². The normalized spacial score (nSPS) is 31.6. The number of ether oxygens (including phenoxy) is 1. The summed E-state index contributed by atoms with van der Waals surface area (Å²) >= 11 is 0. The van der Waals surface area contributed by atoms with E-state index in [-0.39, 0.29) is 0 Å². The third kappa shape index (κ3) is 3.55. The topological polar surface area (TPSA) is 24.5 Å². The predicted octanol–water partition coefficient (Wildman–Crippen LogP) is 3.04. The van der Waals surface area contributed by atoms with Crippen LogP contribution in [0.15, 0.2) is 0 Å². The van der Waals surface area contributed by atoms with Gasteiger partial charge >= 0.3 is 0 Å². The maximum atomic E-state index is 6.00. The number of nitrogens with one attached hydrogen (secondary N) is 1. The van der Waals surface area contributed by atoms with Crippen LogP contribution in [0, 0.1) is 5.92 Å². The molecule has 2 unspecified atom stereocenters. The molecule has 0 aromatic heterocycles. The van der Waals surface area contributed by atoms with Crippen molar-refractivity contribution in [2.75, 3.05) is 26.2 Å². The highest BCUT2D eigenvalue weighted by Gasteiger charge is 2.40. The van der Waals surface area contributed by atoms with Crippen LogP contribution in [0.25, 0.3) is 0 Å². The molecule has 0 saturated carbocycles. The molecule has 0 aliphatic carbocycles. The van der Waals surface area contributed by atoms with E-state index >= 15 is 0 Å². The molecule has 0 aromatic rings. The highest BCUT2D eigenvalue weighted by atomic mass is 16.5. The summed E-state index contributed by atoms with van der Waals surface area (Å²) in [6.45, 7) is 13.8. The molecule has 3 nitrogen and oxygen atoms in total. The molecule has 3 heteroatoms. The predicted molar refractivity (Wildman–Crippen MR) is 85.1 cm³/mol. The first-order valence-corrected chi connectivity index (χ1v) is 8.71. The Kier molecular flexibility index (Phi) is 5.88. The van der Waals surface area contributed by atoms with E-state index in [0.29, 0.717) is 23.6 Å². The fourth-order valence-corrected chi connectivity index (χ4v) is 3.79. The maximum Gasteiger partial charge on any atom is 0.0702 e. The van der Waals surface area contributed by atoms with Gasteiger partial charge in [-0.05, 0) is 38.0 Å². The first-order valence-electron chi connectivity index (χ1n) is 8.71. The highest BCUT2D eigenvalue weighted by Crippen LogP contribution is 2.30. The minimum atomic E-state index is 0.339. The molecule has 2 rings (SSSR count). The molecule has 0 amide bonds. The third-order valence-corrected chi connectivity index (χ3v) is 5.60. The molecule has 0 aromatic carbocycles. The zero-order chi connectivity index (χ0) is 14.6. The van der Waals surface area contributed by atoms with Gasteiger partial charge in [0.1, 0.15) is 0 Å². The summed E-state index contributed by atoms with van der Waals surface area (Å²) in [4.78, 5) is 2.75. The van der Waals surface area contributed by atoms with E-state index in [4.69, 9.17) is 4.74 Å². The van der Waals surface area contributed by atoms with Crippen LogP contribution in [0.2, 0.25) is 0 Å². The van der Waals surface area contributed by atoms with Crippen LogP contribution in [0.4, 0.5) is 0 Å². The number of piperazine rings is 1. The van der Waals surface area contributed by atoms with Crippen molar-refractivity contribution in [2.45, 2.75) is 77.5 Å². The Labute approximate surface area is 125 Å². The second-order valence-electron chi connectivity index (χ2n) is 7.06. The smallest absolute Gasteiger partial charge is 0.0702 e. The maximum absolute atomic E-state index is 6.00. The Balaban J connectivity index is 2.04. The highest BCUT2D eigenvalue weighted by molar-refractivity contribution is 4.99. The van der Waals surface area contributed by atoms with E-state index in [0.717, 1.165) is 19.7 Å². The Morgan fingerprint density at radius 1 is 1.25 bits per heavy atom. The van der Waals surface area contributed by atoms with Gasteiger partial charge in [-0.1, -0.05) is 27.7 Å². The monoisotopic (exact) mass is 282 g/mol. The zero-order valence-electron chi connectivity index (χ0n) is 14.0. The summed E-state index contributed by atoms with van der Waals surface area (Å²) in [6, 6.07) is 0.629. The lowest BCUT2D eigenvalue weighted by Crippen LogP contribution is -2.66. The molecule has 20 heavy (non-hydrogen) atoms. The SMILES string of the molecule is CCC1(CC)CNC(C(C)C)CN1CC1CCCCO1. The summed E-state index contributed by atoms with van der Waals surface area (Å²) in [7, 11) is 0. The van der Waals surface area contributed by atoms with Gasteiger partial charge in [-0.15, -0.1) is 0 Å². The first-order chi connectivity index (χ1) is 9.61. The lowest BCUT2D eigenvalue weighted by molar-refractivity contribution is -0.0518. The summed E-state index contributed by atoms with van der Waals surface area (Å²) < 4.78 is 6.00. The first kappa shape index (κ1) is 16.3. The van der Waals surface area contributed by atoms with Gasteiger partial charge in [-0.3, -0.25) is 4.90 Å². The van der Waals surface area contributed by atoms with Crippen LogP contribution < -0.4 is 5.32 Å². The van der Waals surface area contributed by atoms with Crippen molar-refractivity contribution in [1.82, 2.24) is 10.2 Å². The Hall–Kier alpha value is -0.120. The number of hydrogen-bond donors (Lipinski definition) is 1. The van der Waals surface area contributed by atoms with Crippen molar-refractivity contribution in [1.29, 1.82) is 0 Å². The Bertz CT molecular complexity index is 283. The van der Waals surface area contributed by atoms with Crippen LogP contribution in [0.5, 0.6) is 0 Å². The average molecular weight is 282 g/mol. The molecule has 2 atom stereocenters. The van der Waals surface area contributed by atoms with E-state index in [1.54, 1.807) is 0 Å². The standard InChI is InChI=1S/C17H34N2O/c1-5-17(6-2)13-18-16(14(3)4)12-19(17)11-15-9-7-8-10-20-15/h14-16,18H,5-13H2,1-4H3. The van der Waals surface area contributed by atoms with E-state index in [2.05, 4.69) is 37.9 Å². The third-order valence-electron chi connectivity index (χ3n) is 5.60. The number of hydrogen-bond acceptors (Lipinski definition) is 3. The average Bonchev–Trinajstić information content (AvgIpc) is 2.48. The quantitative estimate of drug-likeness (QED) is 0.839. The Morgan fingerprint density at radius 2 is 2.00 bits per heavy atom. The molecule has 2 fully saturated rings. The summed E-state index contributed by atoms with van der Waals surface area (Å²) in [6.07, 6.45) is 6.77. The number of rotatable bonds is 5. The van der Waals surface area contributed by atoms with Crippen molar-refractivity contribution in [3.63, 3.8) is 0 Å². The van der Waals surface area contributed by atoms with Crippen molar-refractivity contribution >= 4 is 0 Å². The van der Waals surface area contributed by atoms with E-state index < -0.39 is 0 Å². The second-order valence-corrected chi connectivity index (χ2v) is 7.06. The van der Waals surface area contributed by atoms with Crippen molar-refractivity contribution < 1.29 is 4.74 Å². The molecule has 2 aliphatic rings. The lowest BCUT2D eigenvalue weighted by atomic mass is 9.85. The largest absolute Gasteiger partial charge is 0.377 e. The molecular formula is C17H34N2O. The minimum absolute atomic E-state index is 0.339. The van der Waals surface area contributed by atoms with Gasteiger partial charge in [0.15, 0.2) is 0 Å². The van der Waals surface area contributed by atoms with E-state index in [9.17, 15) is 0 Å². The van der Waals surface area contributed by atoms with Gasteiger partial charge in [0, 0.05) is 37.8 Å². The summed E-state index contributed by atoms with van der Waals surface area (Å²) in [5.41, 5.74) is 0.339. The fraction of sp³-hybridized carbons (Fsp3) is 1.00. The van der Waals surface area contributed by atoms with Gasteiger partial charge in [0.2, 0.25) is 0 Å². The van der Waals surface area contributed by atoms with Gasteiger partial charge < -0.3 is 10.1 Å². The van der Waals surface area contributed by atoms with Crippen molar-refractivity contribution in [3.8, 4) is 0 Å². The molecule has 2 saturated heterocycles. The molecule has 118 valence electrons. The Morgan fingerprint density at radius 3 is 2.55 bits per heavy atom. The van der Waals surface area contributed by atoms with E-state index in [1.165, 1.54) is 38.6 Å². The summed E-state index contributed by atoms with van der Waals surface area (Å²) in [5.74, 6) is 0.705. The van der Waals surface area contributed by atoms with Gasteiger partial charge in [0.05, 0.1) is 6.10 Å². The fourth-order valence-electron chi connectivity index (χ4n) is 3.79. The van der Waals surface area contributed by atoms with Crippen molar-refractivity contribution in [3.05, 3.63) is 0 Å². The van der Waals surface area contributed by atoms with Gasteiger partial charge in [-0.2, -0.15) is 0 Å². The summed E-state index contributed by atoms with van der Waals surface area (Å²) in [5, 5.41) is 3.80. The van der Waals surface area contributed by atoms with Crippen LogP contribution in [0.1, 0.15) is 59.8 Å². The molecule has 0 bridgehead atoms. The van der Waals surface area contributed by atoms with Crippen LogP contribution >= 0.6 is 0 Å². The molecule has 1 N–H and O–H groups in total. The molecular weight excluding hydrogens is 248 g/mol. The van der Waals surface area contributed by atoms with Crippen LogP contribution in [-0.4, -0.2) is 48.8 Å². The molecule has 2 heterocycles. The molecule has 0 radical (unpaired) electrons. The minimum Gasteiger partial charge on any atom is -0.377 e. The van der Waals surface area contributed by atoms with Crippen LogP contribution in [-0.2, 0) is 4.74 Å². The van der Waals surface area contributed by atoms with Gasteiger partial charge in [0.25, 0.3) is 0 Å².